The molecule has 1 saturated carbocycles. The van der Waals surface area contributed by atoms with Gasteiger partial charge in [-0.1, -0.05) is 19.3 Å². The molecule has 2 rings (SSSR count). The number of ether oxygens (including phenoxy) is 1. The fraction of sp³-hybridized carbons (Fsp3) is 0.895. The second-order valence-electron chi connectivity index (χ2n) is 7.75. The zero-order valence-corrected chi connectivity index (χ0v) is 19.0. The molecule has 0 aromatic rings. The molecule has 1 aliphatic carbocycles. The minimum atomic E-state index is 0. The molecule has 152 valence electrons. The molecule has 0 atom stereocenters. The van der Waals surface area contributed by atoms with Crippen molar-refractivity contribution in [3.8, 4) is 0 Å². The third kappa shape index (κ3) is 8.41. The average molecular weight is 480 g/mol. The van der Waals surface area contributed by atoms with E-state index in [9.17, 15) is 4.79 Å². The third-order valence-corrected chi connectivity index (χ3v) is 5.37. The van der Waals surface area contributed by atoms with E-state index in [4.69, 9.17) is 4.74 Å². The van der Waals surface area contributed by atoms with E-state index in [-0.39, 0.29) is 36.4 Å². The van der Waals surface area contributed by atoms with E-state index < -0.39 is 0 Å². The molecular weight excluding hydrogens is 443 g/mol. The molecule has 0 radical (unpaired) electrons. The smallest absolute Gasteiger partial charge is 0.243 e. The number of nitrogens with zero attached hydrogens (tertiary/aromatic N) is 3. The molecule has 26 heavy (non-hydrogen) atoms. The molecule has 1 amide bonds. The standard InChI is InChI=1S/C19H36N4O2.HI/c1-22(2)18(24)14-21-19(20-13-16-7-5-4-6-8-16)23(3)15-17-9-11-25-12-10-17;/h16-17H,4-15H2,1-3H3,(H,20,21);1H. The van der Waals surface area contributed by atoms with Crippen LogP contribution in [0, 0.1) is 11.8 Å². The maximum atomic E-state index is 11.9. The zero-order valence-electron chi connectivity index (χ0n) is 16.7. The lowest BCUT2D eigenvalue weighted by Gasteiger charge is -2.31. The molecule has 1 N–H and O–H groups in total. The van der Waals surface area contributed by atoms with Crippen LogP contribution >= 0.6 is 24.0 Å². The summed E-state index contributed by atoms with van der Waals surface area (Å²) in [6.07, 6.45) is 8.89. The molecule has 1 saturated heterocycles. The number of nitrogens with one attached hydrogen (secondary N) is 1. The normalized spacial score (nSPS) is 19.6. The molecule has 2 aliphatic rings. The van der Waals surface area contributed by atoms with Gasteiger partial charge in [-0.2, -0.15) is 0 Å². The van der Waals surface area contributed by atoms with Gasteiger partial charge in [-0.3, -0.25) is 4.79 Å². The second kappa shape index (κ2) is 12.8. The molecule has 0 aromatic heterocycles. The van der Waals surface area contributed by atoms with Gasteiger partial charge < -0.3 is 19.9 Å². The minimum Gasteiger partial charge on any atom is -0.381 e. The van der Waals surface area contributed by atoms with Crippen molar-refractivity contribution < 1.29 is 9.53 Å². The maximum Gasteiger partial charge on any atom is 0.243 e. The highest BCUT2D eigenvalue weighted by molar-refractivity contribution is 14.0. The van der Waals surface area contributed by atoms with Gasteiger partial charge in [-0.15, -0.1) is 24.0 Å². The first-order valence-electron chi connectivity index (χ1n) is 9.83. The number of guanidine groups is 1. The molecule has 0 spiro atoms. The molecular formula is C19H37IN4O2. The van der Waals surface area contributed by atoms with Crippen molar-refractivity contribution >= 4 is 35.8 Å². The van der Waals surface area contributed by atoms with E-state index >= 15 is 0 Å². The summed E-state index contributed by atoms with van der Waals surface area (Å²) in [5, 5.41) is 3.55. The van der Waals surface area contributed by atoms with Gasteiger partial charge in [-0.05, 0) is 37.5 Å². The van der Waals surface area contributed by atoms with E-state index in [0.717, 1.165) is 51.0 Å². The average Bonchev–Trinajstić information content (AvgIpc) is 2.63. The second-order valence-corrected chi connectivity index (χ2v) is 7.75. The molecule has 7 heteroatoms. The number of amides is 1. The first-order valence-corrected chi connectivity index (χ1v) is 9.83. The SMILES string of the molecule is CN(C)C(=O)CN=C(NCC1CCCCC1)N(C)CC1CCOCC1.I. The summed E-state index contributed by atoms with van der Waals surface area (Å²) in [6.45, 7) is 3.86. The van der Waals surface area contributed by atoms with Crippen molar-refractivity contribution in [2.45, 2.75) is 44.9 Å². The summed E-state index contributed by atoms with van der Waals surface area (Å²) in [5.41, 5.74) is 0. The molecule has 1 heterocycles. The maximum absolute atomic E-state index is 11.9. The Hall–Kier alpha value is -0.570. The Balaban J connectivity index is 0.00000338. The lowest BCUT2D eigenvalue weighted by molar-refractivity contribution is -0.127. The highest BCUT2D eigenvalue weighted by Gasteiger charge is 2.19. The van der Waals surface area contributed by atoms with Crippen molar-refractivity contribution in [2.24, 2.45) is 16.8 Å². The van der Waals surface area contributed by atoms with E-state index in [0.29, 0.717) is 5.92 Å². The van der Waals surface area contributed by atoms with Crippen LogP contribution < -0.4 is 5.32 Å². The van der Waals surface area contributed by atoms with Gasteiger partial charge >= 0.3 is 0 Å². The summed E-state index contributed by atoms with van der Waals surface area (Å²) in [6, 6.07) is 0. The third-order valence-electron chi connectivity index (χ3n) is 5.37. The highest BCUT2D eigenvalue weighted by Crippen LogP contribution is 2.23. The van der Waals surface area contributed by atoms with Crippen LogP contribution in [-0.4, -0.2) is 75.7 Å². The Bertz CT molecular complexity index is 433. The van der Waals surface area contributed by atoms with Crippen LogP contribution in [0.4, 0.5) is 0 Å². The van der Waals surface area contributed by atoms with Gasteiger partial charge in [0.25, 0.3) is 0 Å². The van der Waals surface area contributed by atoms with Gasteiger partial charge in [-0.25, -0.2) is 4.99 Å². The van der Waals surface area contributed by atoms with Crippen molar-refractivity contribution in [1.29, 1.82) is 0 Å². The number of likely N-dealkylation sites (N-methyl/N-ethyl adjacent to an activating group) is 1. The van der Waals surface area contributed by atoms with E-state index in [1.807, 2.05) is 0 Å². The summed E-state index contributed by atoms with van der Waals surface area (Å²) >= 11 is 0. The van der Waals surface area contributed by atoms with Gasteiger partial charge in [0.15, 0.2) is 5.96 Å². The number of aliphatic imine (C=N–C) groups is 1. The minimum absolute atomic E-state index is 0. The first kappa shape index (κ1) is 23.5. The fourth-order valence-corrected chi connectivity index (χ4v) is 3.63. The summed E-state index contributed by atoms with van der Waals surface area (Å²) in [7, 11) is 5.64. The van der Waals surface area contributed by atoms with Gasteiger partial charge in [0, 0.05) is 47.4 Å². The topological polar surface area (TPSA) is 57.2 Å². The van der Waals surface area contributed by atoms with Crippen molar-refractivity contribution in [3.05, 3.63) is 0 Å². The number of halogens is 1. The molecule has 2 fully saturated rings. The van der Waals surface area contributed by atoms with Gasteiger partial charge in [0.05, 0.1) is 0 Å². The van der Waals surface area contributed by atoms with Crippen molar-refractivity contribution in [3.63, 3.8) is 0 Å². The Morgan fingerprint density at radius 3 is 2.31 bits per heavy atom. The Morgan fingerprint density at radius 2 is 1.69 bits per heavy atom. The molecule has 1 aliphatic heterocycles. The summed E-state index contributed by atoms with van der Waals surface area (Å²) < 4.78 is 5.46. The van der Waals surface area contributed by atoms with E-state index in [1.54, 1.807) is 19.0 Å². The molecule has 0 aromatic carbocycles. The quantitative estimate of drug-likeness (QED) is 0.361. The first-order chi connectivity index (χ1) is 12.1. The number of carbonyl (C=O) groups excluding carboxylic acids is 1. The zero-order chi connectivity index (χ0) is 18.1. The predicted octanol–water partition coefficient (Wildman–Crippen LogP) is 2.58. The van der Waals surface area contributed by atoms with E-state index in [1.165, 1.54) is 32.1 Å². The van der Waals surface area contributed by atoms with E-state index in [2.05, 4.69) is 22.3 Å². The predicted molar refractivity (Wildman–Crippen MR) is 117 cm³/mol. The lowest BCUT2D eigenvalue weighted by atomic mass is 9.89. The van der Waals surface area contributed by atoms with Crippen LogP contribution in [0.3, 0.4) is 0 Å². The van der Waals surface area contributed by atoms with Crippen LogP contribution in [0.15, 0.2) is 4.99 Å². The molecule has 6 nitrogen and oxygen atoms in total. The Kier molecular flexibility index (Phi) is 11.5. The Labute approximate surface area is 176 Å². The molecule has 0 bridgehead atoms. The number of rotatable bonds is 6. The monoisotopic (exact) mass is 480 g/mol. The number of hydrogen-bond donors (Lipinski definition) is 1. The largest absolute Gasteiger partial charge is 0.381 e. The van der Waals surface area contributed by atoms with Gasteiger partial charge in [0.1, 0.15) is 6.54 Å². The van der Waals surface area contributed by atoms with Crippen molar-refractivity contribution in [1.82, 2.24) is 15.1 Å². The fourth-order valence-electron chi connectivity index (χ4n) is 3.63. The summed E-state index contributed by atoms with van der Waals surface area (Å²) in [5.74, 6) is 2.29. The van der Waals surface area contributed by atoms with Crippen LogP contribution in [0.2, 0.25) is 0 Å². The van der Waals surface area contributed by atoms with Crippen molar-refractivity contribution in [2.75, 3.05) is 54.0 Å². The van der Waals surface area contributed by atoms with Gasteiger partial charge in [0.2, 0.25) is 5.91 Å². The van der Waals surface area contributed by atoms with Crippen LogP contribution in [0.25, 0.3) is 0 Å². The highest BCUT2D eigenvalue weighted by atomic mass is 127. The Morgan fingerprint density at radius 1 is 1.04 bits per heavy atom. The van der Waals surface area contributed by atoms with Crippen LogP contribution in [0.1, 0.15) is 44.9 Å². The number of carbonyl (C=O) groups is 1. The molecule has 0 unspecified atom stereocenters. The van der Waals surface area contributed by atoms with Crippen LogP contribution in [0.5, 0.6) is 0 Å². The number of hydrogen-bond acceptors (Lipinski definition) is 3. The van der Waals surface area contributed by atoms with Crippen LogP contribution in [-0.2, 0) is 9.53 Å². The summed E-state index contributed by atoms with van der Waals surface area (Å²) in [4.78, 5) is 20.3. The lowest BCUT2D eigenvalue weighted by Crippen LogP contribution is -2.44.